The van der Waals surface area contributed by atoms with E-state index in [-0.39, 0.29) is 0 Å². The molecule has 0 aliphatic rings. The second-order valence-electron chi connectivity index (χ2n) is 2.07. The first kappa shape index (κ1) is 7.76. The fraction of sp³-hybridized carbons (Fsp3) is 0.125. The Balaban J connectivity index is 3.15. The number of rotatable bonds is 1. The SMILES string of the molecule is CC(=S)c1ccccc1S. The van der Waals surface area contributed by atoms with Gasteiger partial charge in [0, 0.05) is 15.3 Å². The first-order valence-electron chi connectivity index (χ1n) is 3.01. The van der Waals surface area contributed by atoms with E-state index in [0.29, 0.717) is 0 Å². The van der Waals surface area contributed by atoms with Gasteiger partial charge >= 0.3 is 0 Å². The van der Waals surface area contributed by atoms with E-state index in [1.807, 2.05) is 31.2 Å². The highest BCUT2D eigenvalue weighted by Crippen LogP contribution is 2.13. The zero-order chi connectivity index (χ0) is 7.56. The van der Waals surface area contributed by atoms with Crippen LogP contribution in [0.4, 0.5) is 0 Å². The first-order chi connectivity index (χ1) is 4.72. The van der Waals surface area contributed by atoms with Crippen LogP contribution in [0.15, 0.2) is 29.2 Å². The fourth-order valence-corrected chi connectivity index (χ4v) is 1.35. The minimum Gasteiger partial charge on any atom is -0.143 e. The number of thiocarbonyl (C=S) groups is 1. The van der Waals surface area contributed by atoms with E-state index < -0.39 is 0 Å². The number of hydrogen-bond acceptors (Lipinski definition) is 2. The Morgan fingerprint density at radius 1 is 1.40 bits per heavy atom. The average molecular weight is 168 g/mol. The first-order valence-corrected chi connectivity index (χ1v) is 3.86. The van der Waals surface area contributed by atoms with Crippen LogP contribution in [0.1, 0.15) is 12.5 Å². The molecule has 10 heavy (non-hydrogen) atoms. The third-order valence-corrected chi connectivity index (χ3v) is 1.89. The summed E-state index contributed by atoms with van der Waals surface area (Å²) in [6.45, 7) is 1.91. The fourth-order valence-electron chi connectivity index (χ4n) is 0.771. The van der Waals surface area contributed by atoms with Crippen molar-refractivity contribution in [2.75, 3.05) is 0 Å². The van der Waals surface area contributed by atoms with Gasteiger partial charge in [0.1, 0.15) is 0 Å². The molecule has 1 aromatic carbocycles. The van der Waals surface area contributed by atoms with Gasteiger partial charge in [-0.1, -0.05) is 30.4 Å². The lowest BCUT2D eigenvalue weighted by molar-refractivity contribution is 1.44. The van der Waals surface area contributed by atoms with Crippen LogP contribution in [0, 0.1) is 0 Å². The van der Waals surface area contributed by atoms with Crippen molar-refractivity contribution in [1.82, 2.24) is 0 Å². The van der Waals surface area contributed by atoms with E-state index in [1.54, 1.807) is 0 Å². The summed E-state index contributed by atoms with van der Waals surface area (Å²) in [5.41, 5.74) is 1.06. The number of hydrogen-bond donors (Lipinski definition) is 1. The van der Waals surface area contributed by atoms with E-state index in [0.717, 1.165) is 15.3 Å². The molecular weight excluding hydrogens is 160 g/mol. The molecule has 0 fully saturated rings. The van der Waals surface area contributed by atoms with Crippen LogP contribution >= 0.6 is 24.8 Å². The number of thiol groups is 1. The molecule has 1 rings (SSSR count). The lowest BCUT2D eigenvalue weighted by atomic mass is 10.2. The summed E-state index contributed by atoms with van der Waals surface area (Å²) in [4.78, 5) is 1.85. The predicted molar refractivity (Wildman–Crippen MR) is 51.1 cm³/mol. The van der Waals surface area contributed by atoms with Gasteiger partial charge in [0.2, 0.25) is 0 Å². The smallest absolute Gasteiger partial charge is 0.0204 e. The normalized spacial score (nSPS) is 9.40. The Morgan fingerprint density at radius 2 is 2.00 bits per heavy atom. The zero-order valence-corrected chi connectivity index (χ0v) is 7.38. The van der Waals surface area contributed by atoms with Gasteiger partial charge in [0.05, 0.1) is 0 Å². The van der Waals surface area contributed by atoms with Crippen LogP contribution in [0.2, 0.25) is 0 Å². The van der Waals surface area contributed by atoms with Gasteiger partial charge in [0.25, 0.3) is 0 Å². The van der Waals surface area contributed by atoms with Crippen molar-refractivity contribution in [2.45, 2.75) is 11.8 Å². The Hall–Kier alpha value is -0.340. The molecule has 0 spiro atoms. The van der Waals surface area contributed by atoms with Crippen molar-refractivity contribution < 1.29 is 0 Å². The van der Waals surface area contributed by atoms with Crippen LogP contribution in [-0.2, 0) is 0 Å². The molecule has 0 nitrogen and oxygen atoms in total. The van der Waals surface area contributed by atoms with Crippen LogP contribution in [0.3, 0.4) is 0 Å². The quantitative estimate of drug-likeness (QED) is 0.382. The molecule has 0 bridgehead atoms. The zero-order valence-electron chi connectivity index (χ0n) is 5.66. The summed E-state index contributed by atoms with van der Waals surface area (Å²) < 4.78 is 0. The lowest BCUT2D eigenvalue weighted by Gasteiger charge is -1.99. The number of benzene rings is 1. The molecule has 0 atom stereocenters. The van der Waals surface area contributed by atoms with E-state index in [1.165, 1.54) is 0 Å². The Kier molecular flexibility index (Phi) is 2.46. The van der Waals surface area contributed by atoms with E-state index >= 15 is 0 Å². The molecule has 0 aliphatic carbocycles. The molecule has 2 heteroatoms. The third kappa shape index (κ3) is 1.58. The highest BCUT2D eigenvalue weighted by atomic mass is 32.1. The van der Waals surface area contributed by atoms with Crippen molar-refractivity contribution in [3.05, 3.63) is 29.8 Å². The average Bonchev–Trinajstić information content (AvgIpc) is 1.88. The minimum atomic E-state index is 0.894. The Labute approximate surface area is 71.7 Å². The molecule has 0 radical (unpaired) electrons. The van der Waals surface area contributed by atoms with Gasteiger partial charge in [-0.15, -0.1) is 12.6 Å². The molecule has 1 aromatic rings. The highest BCUT2D eigenvalue weighted by Gasteiger charge is 1.96. The van der Waals surface area contributed by atoms with Gasteiger partial charge in [0.15, 0.2) is 0 Å². The summed E-state index contributed by atoms with van der Waals surface area (Å²) in [6.07, 6.45) is 0. The standard InChI is InChI=1S/C8H8S2/c1-6(9)7-4-2-3-5-8(7)10/h2-5,10H,1H3. The van der Waals surface area contributed by atoms with Gasteiger partial charge in [-0.05, 0) is 13.0 Å². The molecule has 0 aliphatic heterocycles. The molecule has 0 saturated carbocycles. The maximum Gasteiger partial charge on any atom is 0.0204 e. The summed E-state index contributed by atoms with van der Waals surface area (Å²) >= 11 is 9.25. The Bertz CT molecular complexity index is 253. The van der Waals surface area contributed by atoms with Crippen molar-refractivity contribution in [3.8, 4) is 0 Å². The second-order valence-corrected chi connectivity index (χ2v) is 3.17. The maximum atomic E-state index is 5.00. The van der Waals surface area contributed by atoms with Gasteiger partial charge in [-0.2, -0.15) is 0 Å². The third-order valence-electron chi connectivity index (χ3n) is 1.28. The summed E-state index contributed by atoms with van der Waals surface area (Å²) in [7, 11) is 0. The monoisotopic (exact) mass is 168 g/mol. The largest absolute Gasteiger partial charge is 0.143 e. The summed E-state index contributed by atoms with van der Waals surface area (Å²) in [6, 6.07) is 7.83. The van der Waals surface area contributed by atoms with Crippen LogP contribution < -0.4 is 0 Å². The van der Waals surface area contributed by atoms with Crippen molar-refractivity contribution in [2.24, 2.45) is 0 Å². The van der Waals surface area contributed by atoms with Crippen molar-refractivity contribution in [3.63, 3.8) is 0 Å². The van der Waals surface area contributed by atoms with Gasteiger partial charge in [-0.25, -0.2) is 0 Å². The molecule has 0 heterocycles. The molecule has 0 aromatic heterocycles. The van der Waals surface area contributed by atoms with Gasteiger partial charge < -0.3 is 0 Å². The molecule has 0 saturated heterocycles. The van der Waals surface area contributed by atoms with E-state index in [4.69, 9.17) is 12.2 Å². The topological polar surface area (TPSA) is 0 Å². The minimum absolute atomic E-state index is 0.894. The molecular formula is C8H8S2. The molecule has 0 N–H and O–H groups in total. The van der Waals surface area contributed by atoms with Crippen molar-refractivity contribution >= 4 is 29.7 Å². The van der Waals surface area contributed by atoms with E-state index in [9.17, 15) is 0 Å². The molecule has 0 amide bonds. The van der Waals surface area contributed by atoms with Crippen LogP contribution in [-0.4, -0.2) is 4.86 Å². The molecule has 0 unspecified atom stereocenters. The lowest BCUT2D eigenvalue weighted by Crippen LogP contribution is -1.90. The Morgan fingerprint density at radius 3 is 2.40 bits per heavy atom. The van der Waals surface area contributed by atoms with E-state index in [2.05, 4.69) is 12.6 Å². The second kappa shape index (κ2) is 3.17. The van der Waals surface area contributed by atoms with Crippen LogP contribution in [0.5, 0.6) is 0 Å². The van der Waals surface area contributed by atoms with Gasteiger partial charge in [-0.3, -0.25) is 0 Å². The summed E-state index contributed by atoms with van der Waals surface area (Å²) in [5, 5.41) is 0. The highest BCUT2D eigenvalue weighted by molar-refractivity contribution is 7.81. The predicted octanol–water partition coefficient (Wildman–Crippen LogP) is 2.71. The summed E-state index contributed by atoms with van der Waals surface area (Å²) in [5.74, 6) is 0. The molecule has 52 valence electrons. The maximum absolute atomic E-state index is 5.00. The van der Waals surface area contributed by atoms with Crippen molar-refractivity contribution in [1.29, 1.82) is 0 Å². The van der Waals surface area contributed by atoms with Crippen LogP contribution in [0.25, 0.3) is 0 Å².